The van der Waals surface area contributed by atoms with E-state index in [1.54, 1.807) is 14.0 Å². The molecule has 0 bridgehead atoms. The van der Waals surface area contributed by atoms with Gasteiger partial charge in [0.2, 0.25) is 0 Å². The molecule has 0 heterocycles. The maximum atomic E-state index is 11.8. The highest BCUT2D eigenvalue weighted by molar-refractivity contribution is 5.80. The van der Waals surface area contributed by atoms with Gasteiger partial charge in [0.05, 0.1) is 0 Å². The summed E-state index contributed by atoms with van der Waals surface area (Å²) in [6.07, 6.45) is 0.306. The number of amides is 1. The number of nitrogens with one attached hydrogen (secondary N) is 1. The number of benzene rings is 1. The lowest BCUT2D eigenvalue weighted by molar-refractivity contribution is -0.127. The van der Waals surface area contributed by atoms with E-state index in [9.17, 15) is 4.79 Å². The van der Waals surface area contributed by atoms with Gasteiger partial charge in [-0.3, -0.25) is 4.79 Å². The lowest BCUT2D eigenvalue weighted by Gasteiger charge is -2.15. The summed E-state index contributed by atoms with van der Waals surface area (Å²) in [6.45, 7) is 7.29. The van der Waals surface area contributed by atoms with Crippen LogP contribution in [0, 0.1) is 0 Å². The van der Waals surface area contributed by atoms with Crippen molar-refractivity contribution in [2.45, 2.75) is 39.2 Å². The van der Waals surface area contributed by atoms with Gasteiger partial charge < -0.3 is 14.8 Å². The monoisotopic (exact) mass is 279 g/mol. The normalized spacial score (nSPS) is 12.2. The Bertz CT molecular complexity index is 401. The van der Waals surface area contributed by atoms with Crippen LogP contribution < -0.4 is 10.1 Å². The van der Waals surface area contributed by atoms with E-state index in [0.29, 0.717) is 24.8 Å². The van der Waals surface area contributed by atoms with Crippen LogP contribution in [0.4, 0.5) is 0 Å². The highest BCUT2D eigenvalue weighted by atomic mass is 16.5. The van der Waals surface area contributed by atoms with Gasteiger partial charge >= 0.3 is 0 Å². The molecule has 0 saturated heterocycles. The fourth-order valence-corrected chi connectivity index (χ4v) is 1.76. The van der Waals surface area contributed by atoms with Crippen LogP contribution in [0.15, 0.2) is 24.3 Å². The molecule has 0 fully saturated rings. The second kappa shape index (κ2) is 8.59. The van der Waals surface area contributed by atoms with E-state index in [2.05, 4.69) is 19.2 Å². The number of rotatable bonds is 8. The van der Waals surface area contributed by atoms with Crippen molar-refractivity contribution in [2.75, 3.05) is 20.3 Å². The quantitative estimate of drug-likeness (QED) is 0.744. The molecule has 0 aliphatic carbocycles. The molecule has 1 atom stereocenters. The fourth-order valence-electron chi connectivity index (χ4n) is 1.76. The Morgan fingerprint density at radius 1 is 1.20 bits per heavy atom. The predicted molar refractivity (Wildman–Crippen MR) is 80.1 cm³/mol. The standard InChI is InChI=1S/C16H25NO3/c1-12(2)14-6-8-15(9-7-14)20-13(3)16(18)17-10-5-11-19-4/h6-9,12-13H,5,10-11H2,1-4H3,(H,17,18). The SMILES string of the molecule is COCCCNC(=O)C(C)Oc1ccc(C(C)C)cc1. The number of carbonyl (C=O) groups excluding carboxylic acids is 1. The topological polar surface area (TPSA) is 47.6 Å². The van der Waals surface area contributed by atoms with Crippen molar-refractivity contribution in [3.05, 3.63) is 29.8 Å². The van der Waals surface area contributed by atoms with Crippen molar-refractivity contribution in [2.24, 2.45) is 0 Å². The van der Waals surface area contributed by atoms with E-state index in [4.69, 9.17) is 9.47 Å². The predicted octanol–water partition coefficient (Wildman–Crippen LogP) is 2.73. The third kappa shape index (κ3) is 5.61. The van der Waals surface area contributed by atoms with Crippen molar-refractivity contribution in [1.29, 1.82) is 0 Å². The summed E-state index contributed by atoms with van der Waals surface area (Å²) in [5, 5.41) is 2.82. The van der Waals surface area contributed by atoms with Crippen molar-refractivity contribution in [1.82, 2.24) is 5.32 Å². The number of methoxy groups -OCH3 is 1. The molecule has 1 unspecified atom stereocenters. The molecule has 1 aromatic carbocycles. The number of hydrogen-bond acceptors (Lipinski definition) is 3. The molecule has 1 aromatic rings. The summed E-state index contributed by atoms with van der Waals surface area (Å²) in [6, 6.07) is 7.88. The zero-order valence-corrected chi connectivity index (χ0v) is 12.8. The summed E-state index contributed by atoms with van der Waals surface area (Å²) in [5.41, 5.74) is 1.26. The van der Waals surface area contributed by atoms with Crippen molar-refractivity contribution >= 4 is 5.91 Å². The summed E-state index contributed by atoms with van der Waals surface area (Å²) < 4.78 is 10.6. The Balaban J connectivity index is 2.40. The molecule has 4 nitrogen and oxygen atoms in total. The van der Waals surface area contributed by atoms with Gasteiger partial charge in [0.25, 0.3) is 5.91 Å². The summed E-state index contributed by atoms with van der Waals surface area (Å²) in [4.78, 5) is 11.8. The van der Waals surface area contributed by atoms with Crippen LogP contribution in [0.5, 0.6) is 5.75 Å². The summed E-state index contributed by atoms with van der Waals surface area (Å²) in [5.74, 6) is 1.11. The van der Waals surface area contributed by atoms with Gasteiger partial charge in [0.1, 0.15) is 5.75 Å². The van der Waals surface area contributed by atoms with Gasteiger partial charge in [0, 0.05) is 20.3 Å². The van der Waals surface area contributed by atoms with Crippen LogP contribution in [0.2, 0.25) is 0 Å². The van der Waals surface area contributed by atoms with Gasteiger partial charge in [-0.1, -0.05) is 26.0 Å². The molecule has 0 aromatic heterocycles. The third-order valence-corrected chi connectivity index (χ3v) is 3.05. The maximum absolute atomic E-state index is 11.8. The molecule has 0 saturated carbocycles. The maximum Gasteiger partial charge on any atom is 0.260 e. The molecule has 0 radical (unpaired) electrons. The average molecular weight is 279 g/mol. The van der Waals surface area contributed by atoms with E-state index in [0.717, 1.165) is 6.42 Å². The Hall–Kier alpha value is -1.55. The Kier molecular flexibility index (Phi) is 7.09. The van der Waals surface area contributed by atoms with Crippen LogP contribution in [-0.2, 0) is 9.53 Å². The lowest BCUT2D eigenvalue weighted by Crippen LogP contribution is -2.37. The molecule has 1 amide bonds. The highest BCUT2D eigenvalue weighted by Gasteiger charge is 2.13. The fraction of sp³-hybridized carbons (Fsp3) is 0.562. The summed E-state index contributed by atoms with van der Waals surface area (Å²) >= 11 is 0. The Morgan fingerprint density at radius 2 is 1.85 bits per heavy atom. The van der Waals surface area contributed by atoms with E-state index >= 15 is 0 Å². The first kappa shape index (κ1) is 16.5. The van der Waals surface area contributed by atoms with Crippen LogP contribution in [-0.4, -0.2) is 32.3 Å². The van der Waals surface area contributed by atoms with Crippen LogP contribution in [0.25, 0.3) is 0 Å². The average Bonchev–Trinajstić information content (AvgIpc) is 2.44. The van der Waals surface area contributed by atoms with Gasteiger partial charge in [-0.25, -0.2) is 0 Å². The third-order valence-electron chi connectivity index (χ3n) is 3.05. The molecule has 112 valence electrons. The van der Waals surface area contributed by atoms with Crippen molar-refractivity contribution in [3.8, 4) is 5.75 Å². The lowest BCUT2D eigenvalue weighted by atomic mass is 10.0. The van der Waals surface area contributed by atoms with Crippen molar-refractivity contribution < 1.29 is 14.3 Å². The van der Waals surface area contributed by atoms with Gasteiger partial charge in [-0.05, 0) is 37.0 Å². The smallest absolute Gasteiger partial charge is 0.260 e. The number of hydrogen-bond donors (Lipinski definition) is 1. The zero-order chi connectivity index (χ0) is 15.0. The molecule has 1 N–H and O–H groups in total. The highest BCUT2D eigenvalue weighted by Crippen LogP contribution is 2.19. The minimum Gasteiger partial charge on any atom is -0.481 e. The first-order valence-corrected chi connectivity index (χ1v) is 7.08. The first-order valence-electron chi connectivity index (χ1n) is 7.08. The van der Waals surface area contributed by atoms with Crippen molar-refractivity contribution in [3.63, 3.8) is 0 Å². The van der Waals surface area contributed by atoms with E-state index in [-0.39, 0.29) is 5.91 Å². The minimum absolute atomic E-state index is 0.103. The second-order valence-corrected chi connectivity index (χ2v) is 5.12. The molecule has 0 aliphatic rings. The van der Waals surface area contributed by atoms with E-state index in [1.807, 2.05) is 24.3 Å². The zero-order valence-electron chi connectivity index (χ0n) is 12.8. The van der Waals surface area contributed by atoms with Gasteiger partial charge in [-0.15, -0.1) is 0 Å². The molecule has 0 aliphatic heterocycles. The largest absolute Gasteiger partial charge is 0.481 e. The van der Waals surface area contributed by atoms with Gasteiger partial charge in [-0.2, -0.15) is 0 Å². The van der Waals surface area contributed by atoms with E-state index < -0.39 is 6.10 Å². The molecule has 20 heavy (non-hydrogen) atoms. The molecular formula is C16H25NO3. The van der Waals surface area contributed by atoms with E-state index in [1.165, 1.54) is 5.56 Å². The van der Waals surface area contributed by atoms with Crippen LogP contribution in [0.1, 0.15) is 38.7 Å². The Morgan fingerprint density at radius 3 is 2.40 bits per heavy atom. The van der Waals surface area contributed by atoms with Crippen LogP contribution in [0.3, 0.4) is 0 Å². The second-order valence-electron chi connectivity index (χ2n) is 5.12. The Labute approximate surface area is 121 Å². The molecule has 1 rings (SSSR count). The molecule has 4 heteroatoms. The number of ether oxygens (including phenoxy) is 2. The summed E-state index contributed by atoms with van der Waals surface area (Å²) in [7, 11) is 1.65. The first-order chi connectivity index (χ1) is 9.54. The van der Waals surface area contributed by atoms with Gasteiger partial charge in [0.15, 0.2) is 6.10 Å². The molecular weight excluding hydrogens is 254 g/mol. The minimum atomic E-state index is -0.498. The van der Waals surface area contributed by atoms with Crippen LogP contribution >= 0.6 is 0 Å². The molecule has 0 spiro atoms. The number of carbonyl (C=O) groups is 1.